The maximum absolute atomic E-state index is 12.4. The number of alkyl carbamates (subject to hydrolysis) is 1. The molecule has 0 bridgehead atoms. The van der Waals surface area contributed by atoms with Gasteiger partial charge in [0.15, 0.2) is 0 Å². The topological polar surface area (TPSA) is 82.4 Å². The summed E-state index contributed by atoms with van der Waals surface area (Å²) in [6.07, 6.45) is 2.32. The summed E-state index contributed by atoms with van der Waals surface area (Å²) in [7, 11) is 0. The first kappa shape index (κ1) is 22.8. The van der Waals surface area contributed by atoms with Crippen molar-refractivity contribution >= 4 is 29.0 Å². The summed E-state index contributed by atoms with van der Waals surface area (Å²) >= 11 is 1.59. The van der Waals surface area contributed by atoms with E-state index >= 15 is 0 Å². The van der Waals surface area contributed by atoms with E-state index < -0.39 is 17.7 Å². The van der Waals surface area contributed by atoms with Crippen LogP contribution in [0, 0.1) is 11.3 Å². The molecule has 0 unspecified atom stereocenters. The van der Waals surface area contributed by atoms with Crippen LogP contribution in [0.3, 0.4) is 0 Å². The van der Waals surface area contributed by atoms with Gasteiger partial charge in [0, 0.05) is 28.4 Å². The summed E-state index contributed by atoms with van der Waals surface area (Å²) in [5, 5.41) is 12.1. The molecular weight excluding hydrogens is 410 g/mol. The highest BCUT2D eigenvalue weighted by Crippen LogP contribution is 2.36. The third-order valence-electron chi connectivity index (χ3n) is 4.95. The Bertz CT molecular complexity index is 1000. The third-order valence-corrected chi connectivity index (χ3v) is 6.11. The van der Waals surface area contributed by atoms with Crippen molar-refractivity contribution in [3.8, 4) is 16.5 Å². The van der Waals surface area contributed by atoms with Crippen molar-refractivity contribution < 1.29 is 14.3 Å². The summed E-state index contributed by atoms with van der Waals surface area (Å²) in [5.74, 6) is 0.164. The summed E-state index contributed by atoms with van der Waals surface area (Å²) in [5.41, 5.74) is 2.53. The lowest BCUT2D eigenvalue weighted by Crippen LogP contribution is -2.39. The molecule has 1 aromatic heterocycles. The Morgan fingerprint density at radius 3 is 2.77 bits per heavy atom. The van der Waals surface area contributed by atoms with Gasteiger partial charge < -0.3 is 15.0 Å². The first-order valence-corrected chi connectivity index (χ1v) is 11.4. The number of nitriles is 1. The van der Waals surface area contributed by atoms with Crippen molar-refractivity contribution in [2.75, 3.05) is 11.4 Å². The van der Waals surface area contributed by atoms with Crippen LogP contribution in [-0.2, 0) is 22.4 Å². The number of anilines is 1. The molecule has 0 fully saturated rings. The Labute approximate surface area is 187 Å². The fraction of sp³-hybridized carbons (Fsp3) is 0.458. The number of unbranched alkanes of at least 4 members (excludes halogenated alkanes) is 1. The zero-order valence-electron chi connectivity index (χ0n) is 18.5. The highest BCUT2D eigenvalue weighted by atomic mass is 32.1. The molecule has 1 aromatic carbocycles. The molecule has 0 aliphatic carbocycles. The highest BCUT2D eigenvalue weighted by molar-refractivity contribution is 7.15. The molecule has 1 N–H and O–H groups in total. The minimum atomic E-state index is -0.663. The van der Waals surface area contributed by atoms with Crippen molar-refractivity contribution in [1.29, 1.82) is 5.26 Å². The number of thiophene rings is 1. The van der Waals surface area contributed by atoms with E-state index in [2.05, 4.69) is 24.4 Å². The molecule has 2 aromatic rings. The fourth-order valence-electron chi connectivity index (χ4n) is 3.49. The van der Waals surface area contributed by atoms with Crippen molar-refractivity contribution in [2.45, 2.75) is 65.0 Å². The van der Waals surface area contributed by atoms with E-state index in [1.54, 1.807) is 32.1 Å². The second-order valence-electron chi connectivity index (χ2n) is 8.72. The van der Waals surface area contributed by atoms with E-state index in [9.17, 15) is 14.9 Å². The fourth-order valence-corrected chi connectivity index (χ4v) is 4.54. The zero-order chi connectivity index (χ0) is 22.6. The van der Waals surface area contributed by atoms with Gasteiger partial charge in [-0.1, -0.05) is 25.5 Å². The van der Waals surface area contributed by atoms with Gasteiger partial charge in [0.1, 0.15) is 11.6 Å². The van der Waals surface area contributed by atoms with E-state index in [1.807, 2.05) is 29.2 Å². The Morgan fingerprint density at radius 2 is 2.10 bits per heavy atom. The van der Waals surface area contributed by atoms with Crippen LogP contribution in [0.15, 0.2) is 30.3 Å². The molecule has 0 spiro atoms. The molecule has 6 nitrogen and oxygen atoms in total. The molecule has 2 amide bonds. The van der Waals surface area contributed by atoms with Crippen LogP contribution in [0.1, 0.15) is 51.0 Å². The molecule has 164 valence electrons. The minimum absolute atomic E-state index is 0.164. The molecule has 1 aliphatic heterocycles. The average molecular weight is 440 g/mol. The molecule has 1 aliphatic rings. The summed E-state index contributed by atoms with van der Waals surface area (Å²) < 4.78 is 5.24. The van der Waals surface area contributed by atoms with Crippen molar-refractivity contribution in [3.05, 3.63) is 40.8 Å². The summed E-state index contributed by atoms with van der Waals surface area (Å²) in [4.78, 5) is 28.3. The van der Waals surface area contributed by atoms with E-state index in [-0.39, 0.29) is 5.91 Å². The van der Waals surface area contributed by atoms with Gasteiger partial charge in [0.2, 0.25) is 5.91 Å². The van der Waals surface area contributed by atoms with Crippen LogP contribution in [0.5, 0.6) is 0 Å². The number of carbonyl (C=O) groups is 2. The third kappa shape index (κ3) is 5.86. The van der Waals surface area contributed by atoms with Crippen LogP contribution >= 0.6 is 11.3 Å². The highest BCUT2D eigenvalue weighted by Gasteiger charge is 2.27. The molecule has 7 heteroatoms. The lowest BCUT2D eigenvalue weighted by molar-refractivity contribution is -0.117. The standard InChI is InChI=1S/C24H29N3O3S/c1-5-6-11-27-20-12-17(8-7-16(20)13-22(27)28)21-10-9-19(31-21)14-18(15-25)26-23(29)30-24(2,3)4/h7-10,12,18H,5-6,11,13-14H2,1-4H3,(H,26,29)/t18-/m0/s1. The van der Waals surface area contributed by atoms with Gasteiger partial charge in [-0.05, 0) is 56.5 Å². The Balaban J connectivity index is 1.71. The van der Waals surface area contributed by atoms with Crippen LogP contribution in [-0.4, -0.2) is 30.2 Å². The van der Waals surface area contributed by atoms with E-state index in [4.69, 9.17) is 4.74 Å². The van der Waals surface area contributed by atoms with Gasteiger partial charge in [0.05, 0.1) is 12.5 Å². The molecule has 2 heterocycles. The van der Waals surface area contributed by atoms with E-state index in [0.29, 0.717) is 12.8 Å². The minimum Gasteiger partial charge on any atom is -0.444 e. The number of carbonyl (C=O) groups excluding carboxylic acids is 2. The predicted molar refractivity (Wildman–Crippen MR) is 123 cm³/mol. The number of hydrogen-bond acceptors (Lipinski definition) is 5. The van der Waals surface area contributed by atoms with Gasteiger partial charge in [0.25, 0.3) is 0 Å². The van der Waals surface area contributed by atoms with Crippen LogP contribution in [0.2, 0.25) is 0 Å². The van der Waals surface area contributed by atoms with E-state index in [0.717, 1.165) is 46.0 Å². The van der Waals surface area contributed by atoms with Crippen LogP contribution in [0.4, 0.5) is 10.5 Å². The van der Waals surface area contributed by atoms with Gasteiger partial charge >= 0.3 is 6.09 Å². The normalized spacial score (nSPS) is 14.2. The van der Waals surface area contributed by atoms with Crippen molar-refractivity contribution in [2.24, 2.45) is 0 Å². The smallest absolute Gasteiger partial charge is 0.408 e. The molecule has 1 atom stereocenters. The quantitative estimate of drug-likeness (QED) is 0.653. The maximum Gasteiger partial charge on any atom is 0.408 e. The number of ether oxygens (including phenoxy) is 1. The Morgan fingerprint density at radius 1 is 1.32 bits per heavy atom. The number of amides is 2. The number of hydrogen-bond donors (Lipinski definition) is 1. The second kappa shape index (κ2) is 9.52. The van der Waals surface area contributed by atoms with Gasteiger partial charge in [-0.25, -0.2) is 4.79 Å². The second-order valence-corrected chi connectivity index (χ2v) is 9.89. The zero-order valence-corrected chi connectivity index (χ0v) is 19.3. The largest absolute Gasteiger partial charge is 0.444 e. The molecule has 0 radical (unpaired) electrons. The van der Waals surface area contributed by atoms with Gasteiger partial charge in [-0.3, -0.25) is 4.79 Å². The molecule has 3 rings (SSSR count). The Hall–Kier alpha value is -2.85. The lowest BCUT2D eigenvalue weighted by atomic mass is 10.1. The number of benzene rings is 1. The monoisotopic (exact) mass is 439 g/mol. The predicted octanol–water partition coefficient (Wildman–Crippen LogP) is 5.06. The number of rotatable bonds is 7. The van der Waals surface area contributed by atoms with Crippen LogP contribution < -0.4 is 10.2 Å². The number of fused-ring (bicyclic) bond motifs is 1. The van der Waals surface area contributed by atoms with Crippen molar-refractivity contribution in [1.82, 2.24) is 5.32 Å². The number of nitrogens with zero attached hydrogens (tertiary/aromatic N) is 2. The molecule has 0 saturated carbocycles. The SMILES string of the molecule is CCCCN1C(=O)Cc2ccc(-c3ccc(C[C@@H](C#N)NC(=O)OC(C)(C)C)s3)cc21. The first-order valence-electron chi connectivity index (χ1n) is 10.6. The lowest BCUT2D eigenvalue weighted by Gasteiger charge is -2.21. The Kier molecular flexibility index (Phi) is 7.01. The molecular formula is C24H29N3O3S. The van der Waals surface area contributed by atoms with Crippen LogP contribution in [0.25, 0.3) is 10.4 Å². The van der Waals surface area contributed by atoms with Gasteiger partial charge in [-0.15, -0.1) is 11.3 Å². The molecule has 0 saturated heterocycles. The maximum atomic E-state index is 12.4. The average Bonchev–Trinajstić information content (AvgIpc) is 3.27. The summed E-state index contributed by atoms with van der Waals surface area (Å²) in [6, 6.07) is 11.6. The number of nitrogens with one attached hydrogen (secondary N) is 1. The van der Waals surface area contributed by atoms with Gasteiger partial charge in [-0.2, -0.15) is 5.26 Å². The van der Waals surface area contributed by atoms with E-state index in [1.165, 1.54) is 0 Å². The summed E-state index contributed by atoms with van der Waals surface area (Å²) in [6.45, 7) is 8.23. The first-order chi connectivity index (χ1) is 14.7. The van der Waals surface area contributed by atoms with Crippen molar-refractivity contribution in [3.63, 3.8) is 0 Å². The molecule has 31 heavy (non-hydrogen) atoms.